The predicted molar refractivity (Wildman–Crippen MR) is 20.6 cm³/mol. The number of unbranched alkanes of at least 4 members (excludes halogenated alkanes) is 1. The molecule has 0 atom stereocenters. The summed E-state index contributed by atoms with van der Waals surface area (Å²) in [5.41, 5.74) is 0. The normalized spacial score (nSPS) is 6.00. The number of hydrogen-bond donors (Lipinski definition) is 0. The maximum atomic E-state index is 2.18. The van der Waals surface area contributed by atoms with E-state index in [2.05, 4.69) is 13.8 Å². The van der Waals surface area contributed by atoms with E-state index in [0.717, 1.165) is 0 Å². The smallest absolute Gasteiger partial charge is 0.0654 e. The van der Waals surface area contributed by atoms with Crippen LogP contribution in [0.4, 0.5) is 0 Å². The summed E-state index contributed by atoms with van der Waals surface area (Å²) in [4.78, 5) is 0. The van der Waals surface area contributed by atoms with Crippen molar-refractivity contribution in [2.75, 3.05) is 0 Å². The molecule has 0 saturated carbocycles. The van der Waals surface area contributed by atoms with Crippen LogP contribution in [-0.2, 0) is 0 Å². The van der Waals surface area contributed by atoms with Crippen LogP contribution < -0.4 is 18.9 Å². The molecule has 0 heterocycles. The molecule has 0 amide bonds. The number of rotatable bonds is 1. The molecule has 0 aliphatic carbocycles. The van der Waals surface area contributed by atoms with Crippen LogP contribution in [0.3, 0.4) is 0 Å². The van der Waals surface area contributed by atoms with Crippen molar-refractivity contribution >= 4 is 0 Å². The Labute approximate surface area is 46.1 Å². The van der Waals surface area contributed by atoms with Crippen molar-refractivity contribution in [3.8, 4) is 0 Å². The molecule has 0 saturated heterocycles. The van der Waals surface area contributed by atoms with Gasteiger partial charge in [-0.15, -0.1) is 0 Å². The molecule has 0 nitrogen and oxygen atoms in total. The Balaban J connectivity index is 0. The second-order valence-corrected chi connectivity index (χ2v) is 1.000. The summed E-state index contributed by atoms with van der Waals surface area (Å²) in [5, 5.41) is 0. The van der Waals surface area contributed by atoms with E-state index in [4.69, 9.17) is 0 Å². The molecule has 5 heavy (non-hydrogen) atoms. The molecule has 0 spiro atoms. The zero-order chi connectivity index (χ0) is 3.41. The van der Waals surface area contributed by atoms with Gasteiger partial charge in [0.15, 0.2) is 0 Å². The van der Waals surface area contributed by atoms with Gasteiger partial charge in [-0.1, -0.05) is 26.7 Å². The van der Waals surface area contributed by atoms with Gasteiger partial charge in [0, 0.05) is 0 Å². The van der Waals surface area contributed by atoms with Crippen molar-refractivity contribution in [1.82, 2.24) is 0 Å². The minimum atomic E-state index is 0. The SMILES string of the molecule is CCCC.[Li+]. The fraction of sp³-hybridized carbons (Fsp3) is 1.00. The summed E-state index contributed by atoms with van der Waals surface area (Å²) in [7, 11) is 0. The summed E-state index contributed by atoms with van der Waals surface area (Å²) < 4.78 is 0. The van der Waals surface area contributed by atoms with Crippen LogP contribution in [0.1, 0.15) is 26.7 Å². The maximum absolute atomic E-state index is 2.18. The molecule has 0 fully saturated rings. The van der Waals surface area contributed by atoms with E-state index < -0.39 is 0 Å². The van der Waals surface area contributed by atoms with E-state index in [9.17, 15) is 0 Å². The quantitative estimate of drug-likeness (QED) is 0.337. The molecule has 0 bridgehead atoms. The zero-order valence-corrected chi connectivity index (χ0v) is 4.41. The first-order valence-electron chi connectivity index (χ1n) is 1.91. The minimum absolute atomic E-state index is 0. The minimum Gasteiger partial charge on any atom is -0.0654 e. The van der Waals surface area contributed by atoms with Crippen molar-refractivity contribution in [1.29, 1.82) is 0 Å². The summed E-state index contributed by atoms with van der Waals surface area (Å²) in [6, 6.07) is 0. The van der Waals surface area contributed by atoms with Gasteiger partial charge in [-0.25, -0.2) is 0 Å². The van der Waals surface area contributed by atoms with Crippen molar-refractivity contribution in [2.45, 2.75) is 26.7 Å². The average Bonchev–Trinajstić information content (AvgIpc) is 1.37. The summed E-state index contributed by atoms with van der Waals surface area (Å²) in [6.45, 7) is 4.36. The van der Waals surface area contributed by atoms with Gasteiger partial charge in [0.05, 0.1) is 0 Å². The van der Waals surface area contributed by atoms with Gasteiger partial charge in [0.2, 0.25) is 0 Å². The molecule has 26 valence electrons. The second kappa shape index (κ2) is 8.82. The van der Waals surface area contributed by atoms with Gasteiger partial charge in [0.1, 0.15) is 0 Å². The van der Waals surface area contributed by atoms with Crippen molar-refractivity contribution in [2.24, 2.45) is 0 Å². The molecule has 1 heteroatoms. The molecular formula is C4H10Li+. The van der Waals surface area contributed by atoms with Gasteiger partial charge >= 0.3 is 18.9 Å². The van der Waals surface area contributed by atoms with Crippen molar-refractivity contribution in [3.05, 3.63) is 0 Å². The molecule has 0 aromatic carbocycles. The Morgan fingerprint density at radius 3 is 1.20 bits per heavy atom. The van der Waals surface area contributed by atoms with Gasteiger partial charge < -0.3 is 0 Å². The van der Waals surface area contributed by atoms with Crippen LogP contribution in [0.5, 0.6) is 0 Å². The first-order valence-corrected chi connectivity index (χ1v) is 1.91. The van der Waals surface area contributed by atoms with Gasteiger partial charge in [-0.05, 0) is 0 Å². The van der Waals surface area contributed by atoms with Crippen LogP contribution in [0.2, 0.25) is 0 Å². The van der Waals surface area contributed by atoms with Gasteiger partial charge in [-0.2, -0.15) is 0 Å². The third-order valence-electron chi connectivity index (χ3n) is 0.500. The van der Waals surface area contributed by atoms with Gasteiger partial charge in [0.25, 0.3) is 0 Å². The zero-order valence-electron chi connectivity index (χ0n) is 4.41. The maximum Gasteiger partial charge on any atom is 1.00 e. The van der Waals surface area contributed by atoms with E-state index in [-0.39, 0.29) is 18.9 Å². The van der Waals surface area contributed by atoms with Crippen molar-refractivity contribution in [3.63, 3.8) is 0 Å². The van der Waals surface area contributed by atoms with Crippen molar-refractivity contribution < 1.29 is 18.9 Å². The van der Waals surface area contributed by atoms with Crippen LogP contribution in [0.15, 0.2) is 0 Å². The molecule has 0 aromatic heterocycles. The molecule has 0 aliphatic heterocycles. The largest absolute Gasteiger partial charge is 1.00 e. The molecule has 0 rings (SSSR count). The monoisotopic (exact) mass is 65.1 g/mol. The van der Waals surface area contributed by atoms with E-state index >= 15 is 0 Å². The van der Waals surface area contributed by atoms with E-state index in [0.29, 0.717) is 0 Å². The van der Waals surface area contributed by atoms with Crippen LogP contribution in [0.25, 0.3) is 0 Å². The molecule has 0 aromatic rings. The second-order valence-electron chi connectivity index (χ2n) is 1.000. The Morgan fingerprint density at radius 2 is 1.20 bits per heavy atom. The Bertz CT molecular complexity index is 5.61. The summed E-state index contributed by atoms with van der Waals surface area (Å²) in [6.07, 6.45) is 2.64. The van der Waals surface area contributed by atoms with E-state index in [1.165, 1.54) is 12.8 Å². The van der Waals surface area contributed by atoms with Crippen LogP contribution in [-0.4, -0.2) is 0 Å². The molecular weight excluding hydrogens is 55.0 g/mol. The molecule has 0 radical (unpaired) electrons. The van der Waals surface area contributed by atoms with Crippen LogP contribution >= 0.6 is 0 Å². The van der Waals surface area contributed by atoms with E-state index in [1.54, 1.807) is 0 Å². The summed E-state index contributed by atoms with van der Waals surface area (Å²) >= 11 is 0. The first-order chi connectivity index (χ1) is 1.91. The first kappa shape index (κ1) is 9.14. The number of hydrogen-bond acceptors (Lipinski definition) is 0. The van der Waals surface area contributed by atoms with Crippen LogP contribution in [0, 0.1) is 0 Å². The Morgan fingerprint density at radius 1 is 1.00 bits per heavy atom. The Hall–Kier alpha value is 0.597. The topological polar surface area (TPSA) is 0 Å². The molecule has 0 aliphatic rings. The van der Waals surface area contributed by atoms with E-state index in [1.807, 2.05) is 0 Å². The standard InChI is InChI=1S/C4H10.Li/c1-3-4-2;/h3-4H2,1-2H3;/q;+1. The molecule has 0 unspecified atom stereocenters. The summed E-state index contributed by atoms with van der Waals surface area (Å²) in [5.74, 6) is 0. The average molecular weight is 65.1 g/mol. The Kier molecular flexibility index (Phi) is 16.1. The third-order valence-corrected chi connectivity index (χ3v) is 0.500. The fourth-order valence-electron chi connectivity index (χ4n) is 0. The third kappa shape index (κ3) is 12.2. The molecule has 0 N–H and O–H groups in total. The fourth-order valence-corrected chi connectivity index (χ4v) is 0. The van der Waals surface area contributed by atoms with Gasteiger partial charge in [-0.3, -0.25) is 0 Å². The predicted octanol–water partition coefficient (Wildman–Crippen LogP) is -1.19.